The maximum absolute atomic E-state index is 11.1. The fourth-order valence-electron chi connectivity index (χ4n) is 1.44. The molecular formula is C13H16AsNO6S. The van der Waals surface area contributed by atoms with E-state index in [0.717, 1.165) is 5.75 Å². The van der Waals surface area contributed by atoms with Gasteiger partial charge in [-0.1, -0.05) is 0 Å². The van der Waals surface area contributed by atoms with Gasteiger partial charge in [-0.05, 0) is 11.4 Å². The van der Waals surface area contributed by atoms with E-state index >= 15 is 0 Å². The summed E-state index contributed by atoms with van der Waals surface area (Å²) in [4.78, 5) is 10.8. The Morgan fingerprint density at radius 3 is 2.41 bits per heavy atom. The molecule has 0 atom stereocenters. The van der Waals surface area contributed by atoms with Crippen LogP contribution in [-0.4, -0.2) is 40.5 Å². The van der Waals surface area contributed by atoms with Crippen LogP contribution in [-0.2, 0) is 8.53 Å². The molecule has 0 aliphatic rings. The van der Waals surface area contributed by atoms with Crippen LogP contribution in [0.3, 0.4) is 0 Å². The summed E-state index contributed by atoms with van der Waals surface area (Å²) in [5.41, 5.74) is -0.225. The van der Waals surface area contributed by atoms with Crippen molar-refractivity contribution < 1.29 is 26.6 Å². The molecule has 1 heterocycles. The molecule has 2 aromatic rings. The van der Waals surface area contributed by atoms with Crippen molar-refractivity contribution in [2.24, 2.45) is 0 Å². The van der Waals surface area contributed by atoms with Gasteiger partial charge in [0.2, 0.25) is 0 Å². The molecule has 4 N–H and O–H groups in total. The van der Waals surface area contributed by atoms with E-state index in [9.17, 15) is 13.6 Å². The first kappa shape index (κ1) is 18.3. The third-order valence-corrected chi connectivity index (χ3v) is 5.13. The predicted octanol–water partition coefficient (Wildman–Crippen LogP) is 0.668. The van der Waals surface area contributed by atoms with Gasteiger partial charge in [0.15, 0.2) is 0 Å². The number of methoxy groups -OCH3 is 1. The number of phenols is 1. The topological polar surface area (TPSA) is 116 Å². The molecule has 0 saturated heterocycles. The minimum Gasteiger partial charge on any atom is -0.496 e. The standard InChI is InChI=1S/C8H10AsNO5.C5H6OS/c1-5(11)10-8-6(9(13,14)15)3-2-4-7(8)12;1-6-5-2-3-7-4-5/h2-4,12H,1H3,(H,10,11)(H2,13,14,15);2-4H,1H3. The molecule has 0 fully saturated rings. The van der Waals surface area contributed by atoms with Gasteiger partial charge >= 0.3 is 88.1 Å². The summed E-state index contributed by atoms with van der Waals surface area (Å²) in [7, 11) is 1.67. The first-order valence-corrected chi connectivity index (χ1v) is 10.3. The summed E-state index contributed by atoms with van der Waals surface area (Å²) in [6.45, 7) is 1.18. The number of thiophene rings is 1. The molecule has 2 rings (SSSR count). The maximum atomic E-state index is 11.1. The van der Waals surface area contributed by atoms with Gasteiger partial charge in [0.25, 0.3) is 0 Å². The number of para-hydroxylation sites is 1. The second-order valence-corrected chi connectivity index (χ2v) is 8.13. The number of benzene rings is 1. The van der Waals surface area contributed by atoms with Crippen LogP contribution in [0.1, 0.15) is 6.92 Å². The molecule has 9 heteroatoms. The molecule has 0 aliphatic carbocycles. The Morgan fingerprint density at radius 1 is 1.32 bits per heavy atom. The molecule has 1 amide bonds. The molecule has 0 saturated carbocycles. The van der Waals surface area contributed by atoms with Crippen molar-refractivity contribution in [3.8, 4) is 11.5 Å². The van der Waals surface area contributed by atoms with Gasteiger partial charge in [0.1, 0.15) is 5.75 Å². The molecule has 0 bridgehead atoms. The number of ether oxygens (including phenoxy) is 1. The Balaban J connectivity index is 0.000000287. The van der Waals surface area contributed by atoms with Crippen molar-refractivity contribution >= 4 is 41.5 Å². The number of carbonyl (C=O) groups excluding carboxylic acids is 1. The second kappa shape index (κ2) is 8.05. The van der Waals surface area contributed by atoms with Gasteiger partial charge < -0.3 is 4.74 Å². The molecule has 22 heavy (non-hydrogen) atoms. The smallest absolute Gasteiger partial charge is 0.129 e. The van der Waals surface area contributed by atoms with Crippen LogP contribution in [0.5, 0.6) is 11.5 Å². The van der Waals surface area contributed by atoms with E-state index in [4.69, 9.17) is 12.9 Å². The van der Waals surface area contributed by atoms with Crippen LogP contribution in [0.4, 0.5) is 5.69 Å². The normalized spacial score (nSPS) is 10.4. The number of aromatic hydroxyl groups is 1. The van der Waals surface area contributed by atoms with Crippen LogP contribution in [0.25, 0.3) is 0 Å². The Kier molecular flexibility index (Phi) is 6.70. The SMILES string of the molecule is CC(=O)Nc1c(O)cccc1[As](=O)(O)O.COc1ccsc1. The van der Waals surface area contributed by atoms with E-state index in [2.05, 4.69) is 5.32 Å². The molecule has 0 radical (unpaired) electrons. The second-order valence-electron chi connectivity index (χ2n) is 4.06. The van der Waals surface area contributed by atoms with Gasteiger partial charge in [-0.15, -0.1) is 11.3 Å². The van der Waals surface area contributed by atoms with Crippen molar-refractivity contribution in [3.05, 3.63) is 35.0 Å². The van der Waals surface area contributed by atoms with Crippen LogP contribution in [0.2, 0.25) is 0 Å². The number of nitrogens with one attached hydrogen (secondary N) is 1. The van der Waals surface area contributed by atoms with Crippen LogP contribution < -0.4 is 14.4 Å². The molecule has 1 aromatic heterocycles. The zero-order valence-electron chi connectivity index (χ0n) is 11.9. The van der Waals surface area contributed by atoms with Crippen molar-refractivity contribution in [1.82, 2.24) is 0 Å². The molecule has 0 unspecified atom stereocenters. The summed E-state index contributed by atoms with van der Waals surface area (Å²) in [5, 5.41) is 15.5. The van der Waals surface area contributed by atoms with E-state index in [0.29, 0.717) is 0 Å². The van der Waals surface area contributed by atoms with Gasteiger partial charge in [-0.2, -0.15) is 0 Å². The number of hydrogen-bond acceptors (Lipinski definition) is 5. The van der Waals surface area contributed by atoms with E-state index in [1.807, 2.05) is 16.8 Å². The summed E-state index contributed by atoms with van der Waals surface area (Å²) in [5.74, 6) is 0.0686. The van der Waals surface area contributed by atoms with Crippen LogP contribution in [0, 0.1) is 0 Å². The minimum absolute atomic E-state index is 0.225. The van der Waals surface area contributed by atoms with Crippen molar-refractivity contribution in [1.29, 1.82) is 0 Å². The average molecular weight is 389 g/mol. The Hall–Kier alpha value is -1.73. The van der Waals surface area contributed by atoms with Gasteiger partial charge in [-0.3, -0.25) is 0 Å². The third kappa shape index (κ3) is 5.57. The van der Waals surface area contributed by atoms with E-state index in [-0.39, 0.29) is 15.8 Å². The average Bonchev–Trinajstić information content (AvgIpc) is 2.93. The Labute approximate surface area is 134 Å². The van der Waals surface area contributed by atoms with Crippen molar-refractivity contribution in [2.75, 3.05) is 12.4 Å². The van der Waals surface area contributed by atoms with E-state index in [1.54, 1.807) is 18.4 Å². The first-order chi connectivity index (χ1) is 10.3. The summed E-state index contributed by atoms with van der Waals surface area (Å²) in [6.07, 6.45) is 0. The zero-order valence-corrected chi connectivity index (χ0v) is 14.6. The minimum atomic E-state index is -5.14. The quantitative estimate of drug-likeness (QED) is 0.453. The van der Waals surface area contributed by atoms with Gasteiger partial charge in [0, 0.05) is 5.38 Å². The van der Waals surface area contributed by atoms with Gasteiger partial charge in [0.05, 0.1) is 7.11 Å². The molecule has 120 valence electrons. The molecule has 1 aromatic carbocycles. The molecule has 7 nitrogen and oxygen atoms in total. The van der Waals surface area contributed by atoms with Crippen molar-refractivity contribution in [3.63, 3.8) is 0 Å². The van der Waals surface area contributed by atoms with E-state index in [1.165, 1.54) is 25.1 Å². The largest absolute Gasteiger partial charge is 0.496 e. The molecule has 0 spiro atoms. The molecule has 0 aliphatic heterocycles. The maximum Gasteiger partial charge on any atom is 0.129 e. The van der Waals surface area contributed by atoms with Gasteiger partial charge in [-0.25, -0.2) is 0 Å². The number of anilines is 1. The number of hydrogen-bond donors (Lipinski definition) is 4. The zero-order chi connectivity index (χ0) is 16.8. The molecular weight excluding hydrogens is 373 g/mol. The van der Waals surface area contributed by atoms with Crippen LogP contribution >= 0.6 is 11.3 Å². The van der Waals surface area contributed by atoms with E-state index < -0.39 is 20.1 Å². The summed E-state index contributed by atoms with van der Waals surface area (Å²) in [6, 6.07) is 5.65. The fourth-order valence-corrected chi connectivity index (χ4v) is 3.60. The fraction of sp³-hybridized carbons (Fsp3) is 0.154. The number of carbonyl (C=O) groups is 1. The van der Waals surface area contributed by atoms with Crippen LogP contribution in [0.15, 0.2) is 35.0 Å². The number of phenolic OH excluding ortho intramolecular Hbond substituents is 1. The summed E-state index contributed by atoms with van der Waals surface area (Å²) >= 11 is -3.50. The third-order valence-electron chi connectivity index (χ3n) is 2.37. The first-order valence-electron chi connectivity index (χ1n) is 5.97. The number of rotatable bonds is 3. The Morgan fingerprint density at radius 2 is 2.00 bits per heavy atom. The van der Waals surface area contributed by atoms with Crippen molar-refractivity contribution in [2.45, 2.75) is 6.92 Å². The number of amides is 1. The summed E-state index contributed by atoms with van der Waals surface area (Å²) < 4.78 is 33.6. The predicted molar refractivity (Wildman–Crippen MR) is 83.8 cm³/mol. The monoisotopic (exact) mass is 389 g/mol. The Bertz CT molecular complexity index is 667.